The van der Waals surface area contributed by atoms with Gasteiger partial charge in [-0.25, -0.2) is 0 Å². The van der Waals surface area contributed by atoms with Crippen LogP contribution in [0.5, 0.6) is 0 Å². The molecule has 1 fully saturated rings. The van der Waals surface area contributed by atoms with Gasteiger partial charge < -0.3 is 9.47 Å². The van der Waals surface area contributed by atoms with Gasteiger partial charge in [-0.3, -0.25) is 9.69 Å². The Morgan fingerprint density at radius 3 is 2.71 bits per heavy atom. The first-order valence-electron chi connectivity index (χ1n) is 6.64. The Morgan fingerprint density at radius 1 is 1.35 bits per heavy atom. The molecule has 1 aliphatic rings. The van der Waals surface area contributed by atoms with Crippen LogP contribution < -0.4 is 0 Å². The Balaban J connectivity index is 1.95. The number of hydrogen-bond donors (Lipinski definition) is 0. The zero-order valence-electron chi connectivity index (χ0n) is 11.1. The number of morpholine rings is 1. The molecule has 1 heterocycles. The largest absolute Gasteiger partial charge is 0.466 e. The summed E-state index contributed by atoms with van der Waals surface area (Å²) in [5, 5.41) is 0. The summed E-state index contributed by atoms with van der Waals surface area (Å²) < 4.78 is 10.4. The van der Waals surface area contributed by atoms with Crippen LogP contribution in [0.4, 0.5) is 0 Å². The standard InChI is InChI=1S/C13H25NO3/c1-12(2)5-9-17-13(15)4-3-6-14-7-10-16-11-8-14/h12H,3-11H2,1-2H3. The van der Waals surface area contributed by atoms with E-state index in [9.17, 15) is 4.79 Å². The molecule has 1 aliphatic heterocycles. The van der Waals surface area contributed by atoms with Gasteiger partial charge in [0.15, 0.2) is 0 Å². The van der Waals surface area contributed by atoms with Crippen molar-refractivity contribution in [2.45, 2.75) is 33.1 Å². The van der Waals surface area contributed by atoms with Crippen LogP contribution in [0.25, 0.3) is 0 Å². The van der Waals surface area contributed by atoms with E-state index in [1.54, 1.807) is 0 Å². The maximum atomic E-state index is 11.4. The molecule has 4 nitrogen and oxygen atoms in total. The maximum Gasteiger partial charge on any atom is 0.305 e. The molecule has 17 heavy (non-hydrogen) atoms. The minimum absolute atomic E-state index is 0.0566. The van der Waals surface area contributed by atoms with E-state index in [1.165, 1.54) is 0 Å². The van der Waals surface area contributed by atoms with Crippen molar-refractivity contribution in [3.63, 3.8) is 0 Å². The highest BCUT2D eigenvalue weighted by Gasteiger charge is 2.11. The molecule has 0 aromatic heterocycles. The minimum Gasteiger partial charge on any atom is -0.466 e. The van der Waals surface area contributed by atoms with Crippen LogP contribution in [-0.2, 0) is 14.3 Å². The van der Waals surface area contributed by atoms with E-state index in [2.05, 4.69) is 18.7 Å². The summed E-state index contributed by atoms with van der Waals surface area (Å²) in [5.74, 6) is 0.537. The van der Waals surface area contributed by atoms with Gasteiger partial charge in [-0.2, -0.15) is 0 Å². The van der Waals surface area contributed by atoms with Crippen LogP contribution in [0.1, 0.15) is 33.1 Å². The second kappa shape index (κ2) is 8.48. The molecule has 0 aromatic carbocycles. The summed E-state index contributed by atoms with van der Waals surface area (Å²) in [4.78, 5) is 13.7. The SMILES string of the molecule is CC(C)CCOC(=O)CCCN1CCOCC1. The topological polar surface area (TPSA) is 38.8 Å². The highest BCUT2D eigenvalue weighted by molar-refractivity contribution is 5.69. The molecule has 0 atom stereocenters. The van der Waals surface area contributed by atoms with Crippen LogP contribution in [-0.4, -0.2) is 50.3 Å². The van der Waals surface area contributed by atoms with E-state index < -0.39 is 0 Å². The molecule has 100 valence electrons. The maximum absolute atomic E-state index is 11.4. The van der Waals surface area contributed by atoms with Crippen molar-refractivity contribution in [3.05, 3.63) is 0 Å². The van der Waals surface area contributed by atoms with Gasteiger partial charge in [-0.05, 0) is 25.3 Å². The van der Waals surface area contributed by atoms with Crippen molar-refractivity contribution in [1.29, 1.82) is 0 Å². The van der Waals surface area contributed by atoms with Crippen molar-refractivity contribution in [1.82, 2.24) is 4.90 Å². The summed E-state index contributed by atoms with van der Waals surface area (Å²) in [6.45, 7) is 9.41. The van der Waals surface area contributed by atoms with E-state index in [4.69, 9.17) is 9.47 Å². The Labute approximate surface area is 104 Å². The molecule has 4 heteroatoms. The van der Waals surface area contributed by atoms with Gasteiger partial charge >= 0.3 is 5.97 Å². The van der Waals surface area contributed by atoms with Crippen LogP contribution >= 0.6 is 0 Å². The zero-order valence-corrected chi connectivity index (χ0v) is 11.1. The molecule has 0 saturated carbocycles. The van der Waals surface area contributed by atoms with E-state index in [0.29, 0.717) is 18.9 Å². The van der Waals surface area contributed by atoms with E-state index >= 15 is 0 Å². The number of ether oxygens (including phenoxy) is 2. The van der Waals surface area contributed by atoms with Crippen LogP contribution in [0, 0.1) is 5.92 Å². The number of hydrogen-bond acceptors (Lipinski definition) is 4. The number of carbonyl (C=O) groups excluding carboxylic acids is 1. The normalized spacial score (nSPS) is 17.4. The van der Waals surface area contributed by atoms with Crippen molar-refractivity contribution in [3.8, 4) is 0 Å². The number of carbonyl (C=O) groups is 1. The molecule has 1 rings (SSSR count). The lowest BCUT2D eigenvalue weighted by Gasteiger charge is -2.26. The van der Waals surface area contributed by atoms with E-state index in [0.717, 1.165) is 45.7 Å². The van der Waals surface area contributed by atoms with Crippen molar-refractivity contribution in [2.75, 3.05) is 39.5 Å². The highest BCUT2D eigenvalue weighted by atomic mass is 16.5. The first-order valence-corrected chi connectivity index (χ1v) is 6.64. The highest BCUT2D eigenvalue weighted by Crippen LogP contribution is 2.03. The third-order valence-corrected chi connectivity index (χ3v) is 2.92. The van der Waals surface area contributed by atoms with E-state index in [-0.39, 0.29) is 5.97 Å². The second-order valence-corrected chi connectivity index (χ2v) is 4.96. The van der Waals surface area contributed by atoms with E-state index in [1.807, 2.05) is 0 Å². The zero-order chi connectivity index (χ0) is 12.5. The number of esters is 1. The van der Waals surface area contributed by atoms with Crippen molar-refractivity contribution < 1.29 is 14.3 Å². The molecule has 0 aromatic rings. The average Bonchev–Trinajstić information content (AvgIpc) is 2.30. The summed E-state index contributed by atoms with van der Waals surface area (Å²) in [6, 6.07) is 0. The van der Waals surface area contributed by atoms with Crippen LogP contribution in [0.2, 0.25) is 0 Å². The van der Waals surface area contributed by atoms with Gasteiger partial charge in [0.05, 0.1) is 19.8 Å². The molecule has 0 bridgehead atoms. The predicted octanol–water partition coefficient (Wildman–Crippen LogP) is 1.69. The van der Waals surface area contributed by atoms with Gasteiger partial charge in [0.2, 0.25) is 0 Å². The fraction of sp³-hybridized carbons (Fsp3) is 0.923. The lowest BCUT2D eigenvalue weighted by atomic mass is 10.1. The summed E-state index contributed by atoms with van der Waals surface area (Å²) in [5.41, 5.74) is 0. The van der Waals surface area contributed by atoms with Gasteiger partial charge in [0, 0.05) is 19.5 Å². The quantitative estimate of drug-likeness (QED) is 0.638. The van der Waals surface area contributed by atoms with Gasteiger partial charge in [-0.15, -0.1) is 0 Å². The third-order valence-electron chi connectivity index (χ3n) is 2.92. The Morgan fingerprint density at radius 2 is 2.06 bits per heavy atom. The average molecular weight is 243 g/mol. The monoisotopic (exact) mass is 243 g/mol. The van der Waals surface area contributed by atoms with Crippen LogP contribution in [0.3, 0.4) is 0 Å². The molecule has 0 aliphatic carbocycles. The summed E-state index contributed by atoms with van der Waals surface area (Å²) in [7, 11) is 0. The molecule has 0 radical (unpaired) electrons. The van der Waals surface area contributed by atoms with Crippen LogP contribution in [0.15, 0.2) is 0 Å². The molecule has 0 unspecified atom stereocenters. The summed E-state index contributed by atoms with van der Waals surface area (Å²) >= 11 is 0. The van der Waals surface area contributed by atoms with Gasteiger partial charge in [-0.1, -0.05) is 13.8 Å². The Bertz CT molecular complexity index is 213. The number of nitrogens with zero attached hydrogens (tertiary/aromatic N) is 1. The molecular formula is C13H25NO3. The first kappa shape index (κ1) is 14.5. The third kappa shape index (κ3) is 7.34. The Hall–Kier alpha value is -0.610. The number of rotatable bonds is 7. The predicted molar refractivity (Wildman–Crippen MR) is 66.9 cm³/mol. The summed E-state index contributed by atoms with van der Waals surface area (Å²) in [6.07, 6.45) is 2.38. The Kier molecular flexibility index (Phi) is 7.21. The second-order valence-electron chi connectivity index (χ2n) is 4.96. The van der Waals surface area contributed by atoms with Gasteiger partial charge in [0.25, 0.3) is 0 Å². The van der Waals surface area contributed by atoms with Crippen molar-refractivity contribution >= 4 is 5.97 Å². The molecule has 0 N–H and O–H groups in total. The van der Waals surface area contributed by atoms with Gasteiger partial charge in [0.1, 0.15) is 0 Å². The van der Waals surface area contributed by atoms with Crippen molar-refractivity contribution in [2.24, 2.45) is 5.92 Å². The fourth-order valence-electron chi connectivity index (χ4n) is 1.75. The minimum atomic E-state index is -0.0566. The molecule has 0 spiro atoms. The fourth-order valence-corrected chi connectivity index (χ4v) is 1.75. The first-order chi connectivity index (χ1) is 8.18. The lowest BCUT2D eigenvalue weighted by molar-refractivity contribution is -0.144. The smallest absolute Gasteiger partial charge is 0.305 e. The molecule has 0 amide bonds. The lowest BCUT2D eigenvalue weighted by Crippen LogP contribution is -2.37. The molecule has 1 saturated heterocycles. The molecular weight excluding hydrogens is 218 g/mol.